The molecule has 7 heteroatoms. The number of nitrogens with zero attached hydrogens (tertiary/aromatic N) is 3. The van der Waals surface area contributed by atoms with Crippen molar-refractivity contribution in [3.63, 3.8) is 0 Å². The van der Waals surface area contributed by atoms with Gasteiger partial charge in [-0.2, -0.15) is 0 Å². The lowest BCUT2D eigenvalue weighted by atomic mass is 9.89. The fourth-order valence-corrected chi connectivity index (χ4v) is 7.44. The van der Waals surface area contributed by atoms with Crippen LogP contribution in [0.2, 0.25) is 0 Å². The summed E-state index contributed by atoms with van der Waals surface area (Å²) in [4.78, 5) is 36.6. The molecule has 1 aliphatic rings. The highest BCUT2D eigenvalue weighted by atomic mass is 32.2. The van der Waals surface area contributed by atoms with Gasteiger partial charge in [-0.3, -0.25) is 14.2 Å². The molecule has 0 N–H and O–H groups in total. The van der Waals surface area contributed by atoms with E-state index in [0.717, 1.165) is 52.0 Å². The fourth-order valence-electron chi connectivity index (χ4n) is 5.16. The predicted octanol–water partition coefficient (Wildman–Crippen LogP) is 6.72. The minimum atomic E-state index is -0.0236. The number of para-hydroxylation sites is 1. The molecule has 0 radical (unpaired) electrons. The number of amides is 1. The summed E-state index contributed by atoms with van der Waals surface area (Å²) in [5, 5.41) is 1.33. The van der Waals surface area contributed by atoms with Crippen molar-refractivity contribution in [1.82, 2.24) is 9.55 Å². The van der Waals surface area contributed by atoms with Crippen molar-refractivity contribution < 1.29 is 4.79 Å². The summed E-state index contributed by atoms with van der Waals surface area (Å²) in [6.07, 6.45) is 3.02. The number of carbonyl (C=O) groups is 1. The molecule has 0 saturated carbocycles. The fraction of sp³-hybridized carbons (Fsp3) is 0.367. The van der Waals surface area contributed by atoms with E-state index in [1.807, 2.05) is 75.1 Å². The van der Waals surface area contributed by atoms with Gasteiger partial charge in [-0.25, -0.2) is 4.98 Å². The van der Waals surface area contributed by atoms with E-state index in [2.05, 4.69) is 13.0 Å². The van der Waals surface area contributed by atoms with E-state index in [0.29, 0.717) is 11.1 Å². The Balaban J connectivity index is 1.60. The minimum Gasteiger partial charge on any atom is -0.309 e. The number of thioether (sulfide) groups is 1. The van der Waals surface area contributed by atoms with Crippen molar-refractivity contribution in [2.75, 3.05) is 10.7 Å². The standard InChI is InChI=1S/C30H33N3O2S2/c1-18(2)32(22-9-7-6-8-10-22)26(34)17-36-30-31-28-27(23-14-12-20(4)16-25(23)37-28)29(35)33(30)24-15-19(3)11-13-21(24)5/h6-11,13,15,18,20H,12,14,16-17H2,1-5H3/t20-/m1/s1. The Kier molecular flexibility index (Phi) is 7.28. The Bertz CT molecular complexity index is 1520. The minimum absolute atomic E-state index is 0.00708. The van der Waals surface area contributed by atoms with Crippen molar-refractivity contribution in [3.8, 4) is 5.69 Å². The summed E-state index contributed by atoms with van der Waals surface area (Å²) in [5.74, 6) is 0.804. The molecular weight excluding hydrogens is 498 g/mol. The first-order valence-corrected chi connectivity index (χ1v) is 14.7. The summed E-state index contributed by atoms with van der Waals surface area (Å²) in [6, 6.07) is 15.9. The zero-order valence-corrected chi connectivity index (χ0v) is 23.7. The van der Waals surface area contributed by atoms with Crippen molar-refractivity contribution >= 4 is 44.9 Å². The first kappa shape index (κ1) is 25.7. The predicted molar refractivity (Wildman–Crippen MR) is 156 cm³/mol. The molecule has 5 nitrogen and oxygen atoms in total. The van der Waals surface area contributed by atoms with Crippen molar-refractivity contribution in [2.45, 2.75) is 65.1 Å². The van der Waals surface area contributed by atoms with Crippen LogP contribution in [0.15, 0.2) is 58.5 Å². The third kappa shape index (κ3) is 4.99. The van der Waals surface area contributed by atoms with Gasteiger partial charge in [0.15, 0.2) is 5.16 Å². The first-order valence-electron chi connectivity index (χ1n) is 12.9. The van der Waals surface area contributed by atoms with Gasteiger partial charge < -0.3 is 4.90 Å². The average molecular weight is 532 g/mol. The number of hydrogen-bond acceptors (Lipinski definition) is 5. The van der Waals surface area contributed by atoms with Crippen molar-refractivity contribution in [1.29, 1.82) is 0 Å². The Morgan fingerprint density at radius 1 is 1.19 bits per heavy atom. The zero-order chi connectivity index (χ0) is 26.3. The third-order valence-corrected chi connectivity index (χ3v) is 9.12. The van der Waals surface area contributed by atoms with Crippen LogP contribution in [-0.2, 0) is 17.6 Å². The van der Waals surface area contributed by atoms with Crippen LogP contribution in [0.1, 0.15) is 48.8 Å². The molecule has 1 atom stereocenters. The van der Waals surface area contributed by atoms with Crippen LogP contribution in [0.5, 0.6) is 0 Å². The quantitative estimate of drug-likeness (QED) is 0.205. The smallest absolute Gasteiger partial charge is 0.267 e. The van der Waals surface area contributed by atoms with E-state index < -0.39 is 0 Å². The molecule has 0 saturated heterocycles. The highest BCUT2D eigenvalue weighted by Crippen LogP contribution is 2.37. The number of aromatic nitrogens is 2. The van der Waals surface area contributed by atoms with E-state index >= 15 is 0 Å². The molecule has 5 rings (SSSR count). The maximum atomic E-state index is 14.2. The normalized spacial score (nSPS) is 15.2. The Labute approximate surface area is 226 Å². The molecule has 1 amide bonds. The monoisotopic (exact) mass is 531 g/mol. The molecule has 2 aromatic carbocycles. The second kappa shape index (κ2) is 10.5. The van der Waals surface area contributed by atoms with Gasteiger partial charge >= 0.3 is 0 Å². The van der Waals surface area contributed by atoms with Crippen LogP contribution in [0.3, 0.4) is 0 Å². The number of aryl methyl sites for hydroxylation is 3. The number of hydrogen-bond donors (Lipinski definition) is 0. The van der Waals surface area contributed by atoms with Crippen molar-refractivity contribution in [3.05, 3.63) is 80.5 Å². The second-order valence-electron chi connectivity index (χ2n) is 10.3. The largest absolute Gasteiger partial charge is 0.309 e. The van der Waals surface area contributed by atoms with Crippen LogP contribution < -0.4 is 10.5 Å². The average Bonchev–Trinajstić information content (AvgIpc) is 3.22. The first-order chi connectivity index (χ1) is 17.7. The molecule has 2 heterocycles. The van der Waals surface area contributed by atoms with Crippen molar-refractivity contribution in [2.24, 2.45) is 5.92 Å². The summed E-state index contributed by atoms with van der Waals surface area (Å²) < 4.78 is 1.75. The highest BCUT2D eigenvalue weighted by molar-refractivity contribution is 7.99. The lowest BCUT2D eigenvalue weighted by molar-refractivity contribution is -0.116. The molecule has 0 unspecified atom stereocenters. The van der Waals surface area contributed by atoms with Gasteiger partial charge in [0.25, 0.3) is 5.56 Å². The van der Waals surface area contributed by atoms with E-state index in [-0.39, 0.29) is 23.3 Å². The van der Waals surface area contributed by atoms with Crippen LogP contribution >= 0.6 is 23.1 Å². The molecule has 4 aromatic rings. The molecule has 1 aliphatic carbocycles. The number of carbonyl (C=O) groups excluding carboxylic acids is 1. The molecule has 0 bridgehead atoms. The summed E-state index contributed by atoms with van der Waals surface area (Å²) in [7, 11) is 0. The number of thiophene rings is 1. The highest BCUT2D eigenvalue weighted by Gasteiger charge is 2.26. The zero-order valence-electron chi connectivity index (χ0n) is 22.1. The Hall–Kier alpha value is -2.90. The molecular formula is C30H33N3O2S2. The Morgan fingerprint density at radius 3 is 2.68 bits per heavy atom. The molecule has 0 fully saturated rings. The summed E-state index contributed by atoms with van der Waals surface area (Å²) >= 11 is 3.00. The maximum Gasteiger partial charge on any atom is 0.267 e. The Morgan fingerprint density at radius 2 is 1.95 bits per heavy atom. The molecule has 0 spiro atoms. The number of fused-ring (bicyclic) bond motifs is 3. The number of rotatable bonds is 6. The van der Waals surface area contributed by atoms with Crippen LogP contribution in [0.4, 0.5) is 5.69 Å². The third-order valence-electron chi connectivity index (χ3n) is 7.05. The van der Waals surface area contributed by atoms with Gasteiger partial charge in [0, 0.05) is 16.6 Å². The van der Waals surface area contributed by atoms with Gasteiger partial charge in [0.2, 0.25) is 5.91 Å². The lowest BCUT2D eigenvalue weighted by Crippen LogP contribution is -2.38. The lowest BCUT2D eigenvalue weighted by Gasteiger charge is -2.27. The van der Waals surface area contributed by atoms with E-state index in [1.54, 1.807) is 15.9 Å². The number of anilines is 1. The maximum absolute atomic E-state index is 14.2. The summed E-state index contributed by atoms with van der Waals surface area (Å²) in [5.41, 5.74) is 4.95. The van der Waals surface area contributed by atoms with E-state index in [1.165, 1.54) is 22.2 Å². The molecule has 192 valence electrons. The van der Waals surface area contributed by atoms with E-state index in [4.69, 9.17) is 4.98 Å². The van der Waals surface area contributed by atoms with Gasteiger partial charge in [0.1, 0.15) is 4.83 Å². The number of benzene rings is 2. The van der Waals surface area contributed by atoms with Gasteiger partial charge in [0.05, 0.1) is 16.8 Å². The van der Waals surface area contributed by atoms with Gasteiger partial charge in [-0.05, 0) is 87.8 Å². The van der Waals surface area contributed by atoms with Crippen LogP contribution in [-0.4, -0.2) is 27.3 Å². The van der Waals surface area contributed by atoms with Crippen LogP contribution in [0.25, 0.3) is 15.9 Å². The van der Waals surface area contributed by atoms with Gasteiger partial charge in [-0.1, -0.05) is 49.0 Å². The SMILES string of the molecule is Cc1ccc(C)c(-n2c(SCC(=O)N(c3ccccc3)C(C)C)nc3sc4c(c3c2=O)CC[C@@H](C)C4)c1. The molecule has 2 aromatic heterocycles. The second-order valence-corrected chi connectivity index (χ2v) is 12.4. The van der Waals surface area contributed by atoms with Crippen LogP contribution in [0, 0.1) is 19.8 Å². The molecule has 0 aliphatic heterocycles. The van der Waals surface area contributed by atoms with Gasteiger partial charge in [-0.15, -0.1) is 11.3 Å². The summed E-state index contributed by atoms with van der Waals surface area (Å²) in [6.45, 7) is 10.4. The topological polar surface area (TPSA) is 55.2 Å². The van der Waals surface area contributed by atoms with E-state index in [9.17, 15) is 9.59 Å². The molecule has 37 heavy (non-hydrogen) atoms.